The second kappa shape index (κ2) is 9.72. The summed E-state index contributed by atoms with van der Waals surface area (Å²) >= 11 is 2.35. The first-order chi connectivity index (χ1) is 14.4. The summed E-state index contributed by atoms with van der Waals surface area (Å²) in [6, 6.07) is 7.52. The molecule has 0 aliphatic heterocycles. The third-order valence-corrected chi connectivity index (χ3v) is 6.07. The number of thioether (sulfide) groups is 1. The molecule has 0 radical (unpaired) electrons. The smallest absolute Gasteiger partial charge is 0.350 e. The Morgan fingerprint density at radius 3 is 2.83 bits per heavy atom. The molecule has 1 amide bonds. The van der Waals surface area contributed by atoms with Crippen molar-refractivity contribution in [1.82, 2.24) is 19.7 Å². The molecule has 3 rings (SSSR count). The van der Waals surface area contributed by atoms with Crippen molar-refractivity contribution < 1.29 is 19.1 Å². The molecule has 1 aromatic carbocycles. The number of methoxy groups -OCH3 is 1. The van der Waals surface area contributed by atoms with Crippen LogP contribution in [0.15, 0.2) is 29.4 Å². The molecule has 0 spiro atoms. The minimum absolute atomic E-state index is 0.122. The average molecular weight is 448 g/mol. The number of thiazole rings is 1. The summed E-state index contributed by atoms with van der Waals surface area (Å²) in [5, 5.41) is 12.1. The largest absolute Gasteiger partial charge is 0.497 e. The van der Waals surface area contributed by atoms with Gasteiger partial charge in [-0.05, 0) is 26.0 Å². The lowest BCUT2D eigenvalue weighted by Crippen LogP contribution is -2.14. The Balaban J connectivity index is 1.62. The Hall–Kier alpha value is -2.92. The summed E-state index contributed by atoms with van der Waals surface area (Å²) in [6.45, 7) is 3.72. The Morgan fingerprint density at radius 1 is 1.30 bits per heavy atom. The highest BCUT2D eigenvalue weighted by molar-refractivity contribution is 7.99. The fourth-order valence-electron chi connectivity index (χ4n) is 2.58. The van der Waals surface area contributed by atoms with Gasteiger partial charge in [-0.3, -0.25) is 4.79 Å². The average Bonchev–Trinajstić information content (AvgIpc) is 3.28. The van der Waals surface area contributed by atoms with E-state index in [1.165, 1.54) is 11.8 Å². The highest BCUT2D eigenvalue weighted by Crippen LogP contribution is 2.26. The van der Waals surface area contributed by atoms with E-state index in [1.54, 1.807) is 21.0 Å². The Kier molecular flexibility index (Phi) is 7.06. The van der Waals surface area contributed by atoms with Crippen LogP contribution >= 0.6 is 23.1 Å². The molecule has 3 aromatic rings. The van der Waals surface area contributed by atoms with Crippen LogP contribution in [0.25, 0.3) is 11.4 Å². The standard InChI is InChI=1S/C19H21N5O4S2/c1-5-28-17(26)15-11(2)20-18(30-15)21-14(25)10-29-19-23-22-16(24(19)3)12-7-6-8-13(9-12)27-4/h6-9H,5,10H2,1-4H3,(H,20,21,25). The van der Waals surface area contributed by atoms with Crippen molar-refractivity contribution in [2.24, 2.45) is 7.05 Å². The van der Waals surface area contributed by atoms with E-state index in [9.17, 15) is 9.59 Å². The number of aromatic nitrogens is 4. The normalized spacial score (nSPS) is 10.7. The minimum Gasteiger partial charge on any atom is -0.497 e. The number of carbonyl (C=O) groups excluding carboxylic acids is 2. The molecule has 0 fully saturated rings. The number of hydrogen-bond acceptors (Lipinski definition) is 9. The zero-order valence-corrected chi connectivity index (χ0v) is 18.6. The Morgan fingerprint density at radius 2 is 2.10 bits per heavy atom. The summed E-state index contributed by atoms with van der Waals surface area (Å²) < 4.78 is 12.1. The maximum absolute atomic E-state index is 12.3. The summed E-state index contributed by atoms with van der Waals surface area (Å²) in [5.74, 6) is 0.829. The van der Waals surface area contributed by atoms with Gasteiger partial charge < -0.3 is 19.4 Å². The SMILES string of the molecule is CCOC(=O)c1sc(NC(=O)CSc2nnc(-c3cccc(OC)c3)n2C)nc1C. The second-order valence-electron chi connectivity index (χ2n) is 6.09. The first kappa shape index (κ1) is 21.8. The second-order valence-corrected chi connectivity index (χ2v) is 8.03. The number of benzene rings is 1. The molecule has 30 heavy (non-hydrogen) atoms. The highest BCUT2D eigenvalue weighted by Gasteiger charge is 2.18. The van der Waals surface area contributed by atoms with Gasteiger partial charge in [-0.1, -0.05) is 35.2 Å². The van der Waals surface area contributed by atoms with Gasteiger partial charge in [0, 0.05) is 12.6 Å². The van der Waals surface area contributed by atoms with Crippen molar-refractivity contribution in [3.8, 4) is 17.1 Å². The molecule has 11 heteroatoms. The molecule has 2 aromatic heterocycles. The third-order valence-electron chi connectivity index (χ3n) is 4.00. The number of ether oxygens (including phenoxy) is 2. The first-order valence-electron chi connectivity index (χ1n) is 9.04. The van der Waals surface area contributed by atoms with Crippen molar-refractivity contribution in [3.63, 3.8) is 0 Å². The zero-order chi connectivity index (χ0) is 21.7. The van der Waals surface area contributed by atoms with Crippen LogP contribution in [0.4, 0.5) is 5.13 Å². The number of rotatable bonds is 8. The minimum atomic E-state index is -0.438. The predicted molar refractivity (Wildman–Crippen MR) is 115 cm³/mol. The van der Waals surface area contributed by atoms with Gasteiger partial charge >= 0.3 is 5.97 Å². The molecule has 0 bridgehead atoms. The van der Waals surface area contributed by atoms with Crippen molar-refractivity contribution in [2.45, 2.75) is 19.0 Å². The van der Waals surface area contributed by atoms with Gasteiger partial charge in [-0.15, -0.1) is 10.2 Å². The molecule has 0 saturated heterocycles. The molecular weight excluding hydrogens is 426 g/mol. The van der Waals surface area contributed by atoms with Gasteiger partial charge in [0.2, 0.25) is 5.91 Å². The summed E-state index contributed by atoms with van der Waals surface area (Å²) in [4.78, 5) is 28.8. The van der Waals surface area contributed by atoms with Gasteiger partial charge in [0.05, 0.1) is 25.2 Å². The number of carbonyl (C=O) groups is 2. The van der Waals surface area contributed by atoms with E-state index in [4.69, 9.17) is 9.47 Å². The number of nitrogens with one attached hydrogen (secondary N) is 1. The first-order valence-corrected chi connectivity index (χ1v) is 10.8. The molecular formula is C19H21N5O4S2. The van der Waals surface area contributed by atoms with Gasteiger partial charge in [0.1, 0.15) is 10.6 Å². The lowest BCUT2D eigenvalue weighted by molar-refractivity contribution is -0.113. The van der Waals surface area contributed by atoms with Crippen molar-refractivity contribution in [2.75, 3.05) is 24.8 Å². The van der Waals surface area contributed by atoms with Crippen LogP contribution in [0, 0.1) is 6.92 Å². The monoisotopic (exact) mass is 447 g/mol. The maximum Gasteiger partial charge on any atom is 0.350 e. The van der Waals surface area contributed by atoms with Crippen molar-refractivity contribution >= 4 is 40.1 Å². The molecule has 0 aliphatic carbocycles. The Bertz CT molecular complexity index is 1060. The topological polar surface area (TPSA) is 108 Å². The van der Waals surface area contributed by atoms with E-state index >= 15 is 0 Å². The molecule has 1 N–H and O–H groups in total. The molecule has 158 valence electrons. The van der Waals surface area contributed by atoms with E-state index < -0.39 is 5.97 Å². The van der Waals surface area contributed by atoms with Crippen LogP contribution in [0.5, 0.6) is 5.75 Å². The number of anilines is 1. The van der Waals surface area contributed by atoms with Crippen molar-refractivity contribution in [1.29, 1.82) is 0 Å². The van der Waals surface area contributed by atoms with Crippen LogP contribution in [0.3, 0.4) is 0 Å². The summed E-state index contributed by atoms with van der Waals surface area (Å²) in [5.41, 5.74) is 1.39. The number of esters is 1. The van der Waals surface area contributed by atoms with E-state index in [1.807, 2.05) is 35.9 Å². The third kappa shape index (κ3) is 4.97. The van der Waals surface area contributed by atoms with Crippen LogP contribution in [-0.2, 0) is 16.6 Å². The van der Waals surface area contributed by atoms with Crippen LogP contribution in [0.2, 0.25) is 0 Å². The fourth-order valence-corrected chi connectivity index (χ4v) is 4.16. The van der Waals surface area contributed by atoms with Gasteiger partial charge in [0.25, 0.3) is 0 Å². The van der Waals surface area contributed by atoms with E-state index in [2.05, 4.69) is 20.5 Å². The lowest BCUT2D eigenvalue weighted by atomic mass is 10.2. The molecule has 0 saturated carbocycles. The molecule has 0 unspecified atom stereocenters. The summed E-state index contributed by atoms with van der Waals surface area (Å²) in [6.07, 6.45) is 0. The molecule has 9 nitrogen and oxygen atoms in total. The van der Waals surface area contributed by atoms with Gasteiger partial charge in [0.15, 0.2) is 16.1 Å². The maximum atomic E-state index is 12.3. The van der Waals surface area contributed by atoms with Gasteiger partial charge in [-0.25, -0.2) is 9.78 Å². The van der Waals surface area contributed by atoms with Crippen LogP contribution in [-0.4, -0.2) is 51.1 Å². The number of aryl methyl sites for hydroxylation is 1. The summed E-state index contributed by atoms with van der Waals surface area (Å²) in [7, 11) is 3.44. The van der Waals surface area contributed by atoms with E-state index in [0.717, 1.165) is 22.6 Å². The lowest BCUT2D eigenvalue weighted by Gasteiger charge is -2.05. The number of amides is 1. The van der Waals surface area contributed by atoms with Gasteiger partial charge in [-0.2, -0.15) is 0 Å². The molecule has 2 heterocycles. The number of hydrogen-bond donors (Lipinski definition) is 1. The number of nitrogens with zero attached hydrogens (tertiary/aromatic N) is 4. The zero-order valence-electron chi connectivity index (χ0n) is 17.0. The Labute approximate surface area is 181 Å². The molecule has 0 aliphatic rings. The molecule has 0 atom stereocenters. The highest BCUT2D eigenvalue weighted by atomic mass is 32.2. The fraction of sp³-hybridized carbons (Fsp3) is 0.316. The van der Waals surface area contributed by atoms with Crippen molar-refractivity contribution in [3.05, 3.63) is 34.8 Å². The van der Waals surface area contributed by atoms with E-state index in [0.29, 0.717) is 26.7 Å². The van der Waals surface area contributed by atoms with Crippen LogP contribution in [0.1, 0.15) is 22.3 Å². The quantitative estimate of drug-likeness (QED) is 0.414. The predicted octanol–water partition coefficient (Wildman–Crippen LogP) is 3.16. The van der Waals surface area contributed by atoms with Crippen LogP contribution < -0.4 is 10.1 Å². The van der Waals surface area contributed by atoms with E-state index in [-0.39, 0.29) is 18.3 Å².